The largest absolute Gasteiger partial charge is 0.381 e. The minimum absolute atomic E-state index is 0.00861. The number of piperazine rings is 1. The van der Waals surface area contributed by atoms with Crippen LogP contribution < -0.4 is 0 Å². The number of benzene rings is 1. The molecule has 1 aromatic carbocycles. The first-order valence-electron chi connectivity index (χ1n) is 10.9. The molecule has 0 radical (unpaired) electrons. The second-order valence-corrected chi connectivity index (χ2v) is 10.6. The minimum Gasteiger partial charge on any atom is -0.381 e. The van der Waals surface area contributed by atoms with Gasteiger partial charge in [-0.1, -0.05) is 23.7 Å². The summed E-state index contributed by atoms with van der Waals surface area (Å²) >= 11 is 6.11. The van der Waals surface area contributed by atoms with E-state index in [1.54, 1.807) is 23.1 Å². The van der Waals surface area contributed by atoms with Crippen molar-refractivity contribution in [1.82, 2.24) is 14.1 Å². The van der Waals surface area contributed by atoms with Gasteiger partial charge in [-0.05, 0) is 30.9 Å². The van der Waals surface area contributed by atoms with Crippen molar-refractivity contribution in [3.8, 4) is 0 Å². The van der Waals surface area contributed by atoms with E-state index in [1.807, 2.05) is 0 Å². The highest BCUT2D eigenvalue weighted by molar-refractivity contribution is 7.89. The van der Waals surface area contributed by atoms with E-state index >= 15 is 0 Å². The third kappa shape index (κ3) is 5.40. The van der Waals surface area contributed by atoms with Crippen LogP contribution in [-0.4, -0.2) is 100 Å². The molecule has 3 aliphatic heterocycles. The minimum atomic E-state index is -3.78. The molecular formula is C21H30ClN3O5S. The zero-order valence-electron chi connectivity index (χ0n) is 17.6. The monoisotopic (exact) mass is 471 g/mol. The zero-order valence-corrected chi connectivity index (χ0v) is 19.2. The van der Waals surface area contributed by atoms with Crippen LogP contribution in [0.25, 0.3) is 0 Å². The summed E-state index contributed by atoms with van der Waals surface area (Å²) in [6.45, 7) is 6.07. The van der Waals surface area contributed by atoms with Gasteiger partial charge in [-0.15, -0.1) is 0 Å². The number of carbonyl (C=O) groups is 1. The van der Waals surface area contributed by atoms with Gasteiger partial charge in [0.1, 0.15) is 11.0 Å². The van der Waals surface area contributed by atoms with Crippen LogP contribution in [-0.2, 0) is 24.3 Å². The van der Waals surface area contributed by atoms with Crippen LogP contribution in [0.1, 0.15) is 12.8 Å². The number of morpholine rings is 1. The summed E-state index contributed by atoms with van der Waals surface area (Å²) in [7, 11) is -3.78. The molecule has 0 N–H and O–H groups in total. The van der Waals surface area contributed by atoms with Crippen LogP contribution in [0.15, 0.2) is 29.2 Å². The van der Waals surface area contributed by atoms with E-state index in [1.165, 1.54) is 10.4 Å². The highest BCUT2D eigenvalue weighted by Crippen LogP contribution is 2.26. The van der Waals surface area contributed by atoms with Crippen LogP contribution in [0, 0.1) is 5.92 Å². The third-order valence-electron chi connectivity index (χ3n) is 6.30. The van der Waals surface area contributed by atoms with E-state index in [2.05, 4.69) is 4.90 Å². The first kappa shape index (κ1) is 22.9. The molecule has 0 aromatic heterocycles. The Morgan fingerprint density at radius 3 is 2.45 bits per heavy atom. The third-order valence-corrected chi connectivity index (χ3v) is 8.67. The van der Waals surface area contributed by atoms with Crippen molar-refractivity contribution in [2.24, 2.45) is 5.92 Å². The zero-order chi connectivity index (χ0) is 21.8. The maximum Gasteiger partial charge on any atom is 0.253 e. The summed E-state index contributed by atoms with van der Waals surface area (Å²) in [5.74, 6) is 0.533. The first-order chi connectivity index (χ1) is 14.9. The molecule has 1 amide bonds. The molecule has 3 heterocycles. The van der Waals surface area contributed by atoms with Crippen LogP contribution >= 0.6 is 11.6 Å². The molecule has 31 heavy (non-hydrogen) atoms. The molecule has 3 aliphatic rings. The lowest BCUT2D eigenvalue weighted by Crippen LogP contribution is -2.56. The Balaban J connectivity index is 1.32. The molecular weight excluding hydrogens is 442 g/mol. The van der Waals surface area contributed by atoms with Gasteiger partial charge in [0.25, 0.3) is 5.91 Å². The van der Waals surface area contributed by atoms with Gasteiger partial charge < -0.3 is 14.4 Å². The van der Waals surface area contributed by atoms with E-state index in [0.717, 1.165) is 45.7 Å². The molecule has 172 valence electrons. The first-order valence-corrected chi connectivity index (χ1v) is 12.7. The van der Waals surface area contributed by atoms with Gasteiger partial charge in [0.15, 0.2) is 0 Å². The molecule has 10 heteroatoms. The van der Waals surface area contributed by atoms with Gasteiger partial charge in [-0.2, -0.15) is 4.31 Å². The molecule has 8 nitrogen and oxygen atoms in total. The molecule has 0 spiro atoms. The Kier molecular flexibility index (Phi) is 7.51. The Morgan fingerprint density at radius 1 is 1.03 bits per heavy atom. The Bertz CT molecular complexity index is 870. The molecule has 0 bridgehead atoms. The highest BCUT2D eigenvalue weighted by atomic mass is 35.5. The predicted molar refractivity (Wildman–Crippen MR) is 117 cm³/mol. The van der Waals surface area contributed by atoms with Crippen LogP contribution in [0.4, 0.5) is 0 Å². The summed E-state index contributed by atoms with van der Waals surface area (Å²) in [5, 5.41) is 0.178. The number of halogens is 1. The lowest BCUT2D eigenvalue weighted by molar-refractivity contribution is -0.149. The second kappa shape index (κ2) is 10.1. The van der Waals surface area contributed by atoms with Crippen LogP contribution in [0.5, 0.6) is 0 Å². The van der Waals surface area contributed by atoms with Gasteiger partial charge in [0.2, 0.25) is 10.0 Å². The van der Waals surface area contributed by atoms with Crippen molar-refractivity contribution in [1.29, 1.82) is 0 Å². The molecule has 3 fully saturated rings. The summed E-state index contributed by atoms with van der Waals surface area (Å²) in [5.41, 5.74) is 0. The van der Waals surface area contributed by atoms with Gasteiger partial charge in [0, 0.05) is 59.0 Å². The molecule has 0 aliphatic carbocycles. The number of sulfonamides is 1. The number of nitrogens with zero attached hydrogens (tertiary/aromatic N) is 3. The molecule has 1 aromatic rings. The number of ether oxygens (including phenoxy) is 2. The van der Waals surface area contributed by atoms with Gasteiger partial charge in [-0.25, -0.2) is 8.42 Å². The molecule has 1 unspecified atom stereocenters. The SMILES string of the molecule is O=C(C1CN(S(=O)(=O)c2ccccc2Cl)CCO1)N1CCN(CC2CCOCC2)CC1. The molecule has 4 rings (SSSR count). The fraction of sp³-hybridized carbons (Fsp3) is 0.667. The van der Waals surface area contributed by atoms with E-state index < -0.39 is 16.1 Å². The topological polar surface area (TPSA) is 79.4 Å². The molecule has 0 saturated carbocycles. The fourth-order valence-electron chi connectivity index (χ4n) is 4.44. The normalized spacial score (nSPS) is 24.9. The second-order valence-electron chi connectivity index (χ2n) is 8.33. The van der Waals surface area contributed by atoms with Crippen molar-refractivity contribution in [2.75, 3.05) is 65.6 Å². The lowest BCUT2D eigenvalue weighted by atomic mass is 9.99. The standard InChI is InChI=1S/C21H30ClN3O5S/c22-18-3-1-2-4-20(18)31(27,28)25-11-14-30-19(16-25)21(26)24-9-7-23(8-10-24)15-17-5-12-29-13-6-17/h1-4,17,19H,5-16H2. The van der Waals surface area contributed by atoms with Crippen LogP contribution in [0.2, 0.25) is 5.02 Å². The Morgan fingerprint density at radius 2 is 1.74 bits per heavy atom. The predicted octanol–water partition coefficient (Wildman–Crippen LogP) is 1.30. The maximum atomic E-state index is 13.0. The highest BCUT2D eigenvalue weighted by Gasteiger charge is 2.37. The maximum absolute atomic E-state index is 13.0. The summed E-state index contributed by atoms with van der Waals surface area (Å²) in [6, 6.07) is 6.37. The number of carbonyl (C=O) groups excluding carboxylic acids is 1. The Hall–Kier alpha value is -1.23. The average molecular weight is 472 g/mol. The van der Waals surface area contributed by atoms with Crippen molar-refractivity contribution >= 4 is 27.5 Å². The number of rotatable bonds is 5. The van der Waals surface area contributed by atoms with Crippen molar-refractivity contribution < 1.29 is 22.7 Å². The van der Waals surface area contributed by atoms with E-state index in [0.29, 0.717) is 19.0 Å². The van der Waals surface area contributed by atoms with Gasteiger partial charge in [-0.3, -0.25) is 9.69 Å². The van der Waals surface area contributed by atoms with Crippen molar-refractivity contribution in [2.45, 2.75) is 23.8 Å². The average Bonchev–Trinajstić information content (AvgIpc) is 2.80. The van der Waals surface area contributed by atoms with Crippen molar-refractivity contribution in [3.05, 3.63) is 29.3 Å². The summed E-state index contributed by atoms with van der Waals surface area (Å²) < 4.78 is 38.5. The number of hydrogen-bond acceptors (Lipinski definition) is 6. The fourth-order valence-corrected chi connectivity index (χ4v) is 6.35. The quantitative estimate of drug-likeness (QED) is 0.644. The summed E-state index contributed by atoms with van der Waals surface area (Å²) in [4.78, 5) is 17.3. The lowest BCUT2D eigenvalue weighted by Gasteiger charge is -2.39. The van der Waals surface area contributed by atoms with Gasteiger partial charge >= 0.3 is 0 Å². The van der Waals surface area contributed by atoms with E-state index in [9.17, 15) is 13.2 Å². The van der Waals surface area contributed by atoms with E-state index in [4.69, 9.17) is 21.1 Å². The molecule has 1 atom stereocenters. The number of amides is 1. The smallest absolute Gasteiger partial charge is 0.253 e. The van der Waals surface area contributed by atoms with Crippen LogP contribution in [0.3, 0.4) is 0 Å². The molecule has 3 saturated heterocycles. The summed E-state index contributed by atoms with van der Waals surface area (Å²) in [6.07, 6.45) is 1.42. The Labute approximate surface area is 189 Å². The number of hydrogen-bond donors (Lipinski definition) is 0. The van der Waals surface area contributed by atoms with Crippen molar-refractivity contribution in [3.63, 3.8) is 0 Å². The van der Waals surface area contributed by atoms with Gasteiger partial charge in [0.05, 0.1) is 11.6 Å². The van der Waals surface area contributed by atoms with E-state index in [-0.39, 0.29) is 35.5 Å².